The molecule has 0 aromatic carbocycles. The molecule has 1 heterocycles. The van der Waals surface area contributed by atoms with Gasteiger partial charge in [-0.2, -0.15) is 8.78 Å². The number of hydrogen-bond donors (Lipinski definition) is 1. The van der Waals surface area contributed by atoms with Crippen molar-refractivity contribution < 1.29 is 8.78 Å². The first-order chi connectivity index (χ1) is 6.43. The fourth-order valence-corrected chi connectivity index (χ4v) is 1.79. The molecule has 1 aromatic heterocycles. The van der Waals surface area contributed by atoms with E-state index in [0.29, 0.717) is 6.42 Å². The third kappa shape index (κ3) is 2.99. The zero-order chi connectivity index (χ0) is 10.8. The topological polar surface area (TPSA) is 24.9 Å². The third-order valence-electron chi connectivity index (χ3n) is 1.94. The Morgan fingerprint density at radius 1 is 1.64 bits per heavy atom. The predicted octanol–water partition coefficient (Wildman–Crippen LogP) is 2.41. The molecule has 1 aromatic rings. The van der Waals surface area contributed by atoms with Crippen LogP contribution in [-0.4, -0.2) is 18.1 Å². The van der Waals surface area contributed by atoms with Crippen molar-refractivity contribution in [3.8, 4) is 0 Å². The molecular weight excluding hydrogens is 206 g/mol. The minimum Gasteiger partial charge on any atom is -0.317 e. The van der Waals surface area contributed by atoms with Gasteiger partial charge in [-0.25, -0.2) is 4.98 Å². The van der Waals surface area contributed by atoms with Crippen LogP contribution in [0.15, 0.2) is 5.38 Å². The molecule has 0 radical (unpaired) electrons. The van der Waals surface area contributed by atoms with Crippen molar-refractivity contribution in [1.82, 2.24) is 10.3 Å². The Hall–Kier alpha value is -0.550. The lowest BCUT2D eigenvalue weighted by Gasteiger charge is -2.07. The Labute approximate surface area is 86.4 Å². The molecule has 0 aliphatic rings. The molecule has 1 atom stereocenters. The number of thiazole rings is 1. The molecular formula is C9H14F2N2S. The number of halogens is 2. The minimum absolute atomic E-state index is 0.101. The molecule has 0 bridgehead atoms. The highest BCUT2D eigenvalue weighted by molar-refractivity contribution is 7.09. The second-order valence-corrected chi connectivity index (χ2v) is 4.28. The van der Waals surface area contributed by atoms with E-state index in [0.717, 1.165) is 24.0 Å². The summed E-state index contributed by atoms with van der Waals surface area (Å²) < 4.78 is 25.6. The summed E-state index contributed by atoms with van der Waals surface area (Å²) in [4.78, 5) is 3.90. The van der Waals surface area contributed by atoms with Crippen LogP contribution in [0, 0.1) is 0 Å². The van der Waals surface area contributed by atoms with E-state index >= 15 is 0 Å². The fourth-order valence-electron chi connectivity index (χ4n) is 1.02. The van der Waals surface area contributed by atoms with Gasteiger partial charge in [-0.3, -0.25) is 0 Å². The first-order valence-electron chi connectivity index (χ1n) is 4.43. The van der Waals surface area contributed by atoms with Crippen molar-refractivity contribution in [2.45, 2.75) is 32.2 Å². The lowest BCUT2D eigenvalue weighted by atomic mass is 10.2. The molecule has 80 valence electrons. The minimum atomic E-state index is -2.81. The zero-order valence-corrected chi connectivity index (χ0v) is 9.29. The smallest absolute Gasteiger partial charge is 0.296 e. The Bertz CT molecular complexity index is 293. The maximum atomic E-state index is 12.8. The van der Waals surface area contributed by atoms with Crippen LogP contribution < -0.4 is 5.32 Å². The summed E-state index contributed by atoms with van der Waals surface area (Å²) in [6, 6.07) is 0.260. The van der Waals surface area contributed by atoms with Crippen molar-refractivity contribution >= 4 is 11.3 Å². The molecule has 14 heavy (non-hydrogen) atoms. The molecule has 0 spiro atoms. The van der Waals surface area contributed by atoms with E-state index in [1.807, 2.05) is 14.0 Å². The quantitative estimate of drug-likeness (QED) is 0.842. The molecule has 0 aliphatic heterocycles. The van der Waals surface area contributed by atoms with Gasteiger partial charge in [0.2, 0.25) is 0 Å². The van der Waals surface area contributed by atoms with E-state index in [4.69, 9.17) is 0 Å². The molecule has 1 N–H and O–H groups in total. The molecule has 0 saturated carbocycles. The zero-order valence-electron chi connectivity index (χ0n) is 8.47. The van der Waals surface area contributed by atoms with E-state index < -0.39 is 5.92 Å². The average Bonchev–Trinajstić information content (AvgIpc) is 2.51. The summed E-state index contributed by atoms with van der Waals surface area (Å²) in [6.07, 6.45) is 0.684. The molecule has 5 heteroatoms. The average molecular weight is 220 g/mol. The van der Waals surface area contributed by atoms with Gasteiger partial charge in [0.05, 0.1) is 5.69 Å². The maximum absolute atomic E-state index is 12.8. The monoisotopic (exact) mass is 220 g/mol. The summed E-state index contributed by atoms with van der Waals surface area (Å²) in [6.45, 7) is 2.86. The second kappa shape index (κ2) is 4.31. The van der Waals surface area contributed by atoms with Crippen LogP contribution in [-0.2, 0) is 12.3 Å². The SMILES string of the molecule is CNC(C)Cc1csc(C(C)(F)F)n1. The van der Waals surface area contributed by atoms with Gasteiger partial charge in [0, 0.05) is 24.8 Å². The molecule has 0 aliphatic carbocycles. The summed E-state index contributed by atoms with van der Waals surface area (Å²) in [7, 11) is 1.84. The molecule has 1 rings (SSSR count). The van der Waals surface area contributed by atoms with Gasteiger partial charge in [-0.15, -0.1) is 11.3 Å². The van der Waals surface area contributed by atoms with Crippen LogP contribution in [0.4, 0.5) is 8.78 Å². The van der Waals surface area contributed by atoms with Gasteiger partial charge in [-0.05, 0) is 14.0 Å². The number of likely N-dealkylation sites (N-methyl/N-ethyl adjacent to an activating group) is 1. The highest BCUT2D eigenvalue weighted by Crippen LogP contribution is 2.29. The van der Waals surface area contributed by atoms with Crippen LogP contribution in [0.1, 0.15) is 24.5 Å². The first kappa shape index (κ1) is 11.5. The number of rotatable bonds is 4. The summed E-state index contributed by atoms with van der Waals surface area (Å²) >= 11 is 1.02. The number of aromatic nitrogens is 1. The van der Waals surface area contributed by atoms with Gasteiger partial charge in [0.1, 0.15) is 0 Å². The highest BCUT2D eigenvalue weighted by Gasteiger charge is 2.28. The summed E-state index contributed by atoms with van der Waals surface area (Å²) in [5.41, 5.74) is 0.730. The number of hydrogen-bond acceptors (Lipinski definition) is 3. The van der Waals surface area contributed by atoms with E-state index in [2.05, 4.69) is 10.3 Å². The fraction of sp³-hybridized carbons (Fsp3) is 0.667. The lowest BCUT2D eigenvalue weighted by molar-refractivity contribution is 0.0171. The van der Waals surface area contributed by atoms with Crippen LogP contribution in [0.25, 0.3) is 0 Å². The molecule has 0 fully saturated rings. The van der Waals surface area contributed by atoms with Crippen molar-refractivity contribution in [3.05, 3.63) is 16.1 Å². The van der Waals surface area contributed by atoms with Gasteiger partial charge < -0.3 is 5.32 Å². The maximum Gasteiger partial charge on any atom is 0.296 e. The second-order valence-electron chi connectivity index (χ2n) is 3.43. The summed E-state index contributed by atoms with van der Waals surface area (Å²) in [5, 5.41) is 4.63. The number of alkyl halides is 2. The van der Waals surface area contributed by atoms with Crippen LogP contribution in [0.5, 0.6) is 0 Å². The first-order valence-corrected chi connectivity index (χ1v) is 5.31. The Kier molecular flexibility index (Phi) is 3.55. The normalized spacial score (nSPS) is 14.4. The van der Waals surface area contributed by atoms with Crippen LogP contribution in [0.3, 0.4) is 0 Å². The molecule has 0 saturated heterocycles. The van der Waals surface area contributed by atoms with Gasteiger partial charge in [-0.1, -0.05) is 0 Å². The standard InChI is InChI=1S/C9H14F2N2S/c1-6(12-3)4-7-5-14-8(13-7)9(2,10)11/h5-6,12H,4H2,1-3H3. The van der Waals surface area contributed by atoms with E-state index in [-0.39, 0.29) is 11.0 Å². The van der Waals surface area contributed by atoms with Crippen LogP contribution in [0.2, 0.25) is 0 Å². The van der Waals surface area contributed by atoms with Gasteiger partial charge in [0.15, 0.2) is 5.01 Å². The third-order valence-corrected chi connectivity index (χ3v) is 3.00. The summed E-state index contributed by atoms with van der Waals surface area (Å²) in [5.74, 6) is -2.81. The van der Waals surface area contributed by atoms with Crippen molar-refractivity contribution in [2.75, 3.05) is 7.05 Å². The van der Waals surface area contributed by atoms with Crippen molar-refractivity contribution in [3.63, 3.8) is 0 Å². The largest absolute Gasteiger partial charge is 0.317 e. The van der Waals surface area contributed by atoms with Gasteiger partial charge in [0.25, 0.3) is 5.92 Å². The Balaban J connectivity index is 2.69. The van der Waals surface area contributed by atoms with E-state index in [9.17, 15) is 8.78 Å². The predicted molar refractivity (Wildman–Crippen MR) is 53.9 cm³/mol. The Morgan fingerprint density at radius 2 is 2.29 bits per heavy atom. The molecule has 1 unspecified atom stereocenters. The van der Waals surface area contributed by atoms with Crippen LogP contribution >= 0.6 is 11.3 Å². The van der Waals surface area contributed by atoms with Crippen molar-refractivity contribution in [1.29, 1.82) is 0 Å². The van der Waals surface area contributed by atoms with Gasteiger partial charge >= 0.3 is 0 Å². The van der Waals surface area contributed by atoms with Crippen molar-refractivity contribution in [2.24, 2.45) is 0 Å². The molecule has 2 nitrogen and oxygen atoms in total. The number of nitrogens with zero attached hydrogens (tertiary/aromatic N) is 1. The highest BCUT2D eigenvalue weighted by atomic mass is 32.1. The number of nitrogens with one attached hydrogen (secondary N) is 1. The van der Waals surface area contributed by atoms with E-state index in [1.165, 1.54) is 0 Å². The molecule has 0 amide bonds. The lowest BCUT2D eigenvalue weighted by Crippen LogP contribution is -2.23. The van der Waals surface area contributed by atoms with E-state index in [1.54, 1.807) is 5.38 Å². The Morgan fingerprint density at radius 3 is 2.71 bits per heavy atom.